The molecule has 1 N–H and O–H groups in total. The topological polar surface area (TPSA) is 81.8 Å². The van der Waals surface area contributed by atoms with Crippen LogP contribution in [0.3, 0.4) is 0 Å². The fourth-order valence-electron chi connectivity index (χ4n) is 1.50. The van der Waals surface area contributed by atoms with E-state index in [9.17, 15) is 4.79 Å². The molecule has 0 amide bonds. The van der Waals surface area contributed by atoms with Crippen molar-refractivity contribution in [3.05, 3.63) is 30.3 Å². The van der Waals surface area contributed by atoms with Crippen molar-refractivity contribution >= 4 is 5.97 Å². The molecule has 0 aliphatic carbocycles. The molecule has 0 saturated heterocycles. The average Bonchev–Trinajstić information content (AvgIpc) is 2.87. The summed E-state index contributed by atoms with van der Waals surface area (Å²) < 4.78 is 15.4. The van der Waals surface area contributed by atoms with E-state index < -0.39 is 5.97 Å². The van der Waals surface area contributed by atoms with Crippen molar-refractivity contribution in [3.63, 3.8) is 0 Å². The predicted molar refractivity (Wildman–Crippen MR) is 62.0 cm³/mol. The third kappa shape index (κ3) is 2.13. The van der Waals surface area contributed by atoms with Crippen molar-refractivity contribution in [2.75, 3.05) is 14.2 Å². The van der Waals surface area contributed by atoms with Crippen molar-refractivity contribution in [3.8, 4) is 22.8 Å². The standard InChI is InChI=1S/C12H11NO5/c1-16-7-3-4-8(9(5-7)17-2)10-6-13-11(18-10)12(14)15/h3-6H,1-2H3,(H,14,15). The number of carbonyl (C=O) groups is 1. The van der Waals surface area contributed by atoms with Crippen LogP contribution >= 0.6 is 0 Å². The highest BCUT2D eigenvalue weighted by molar-refractivity contribution is 5.83. The second-order valence-corrected chi connectivity index (χ2v) is 3.40. The highest BCUT2D eigenvalue weighted by Crippen LogP contribution is 2.33. The lowest BCUT2D eigenvalue weighted by Crippen LogP contribution is -1.94. The van der Waals surface area contributed by atoms with Gasteiger partial charge in [0.2, 0.25) is 0 Å². The molecule has 1 heterocycles. The average molecular weight is 249 g/mol. The van der Waals surface area contributed by atoms with Crippen LogP contribution in [0.4, 0.5) is 0 Å². The molecule has 0 saturated carbocycles. The predicted octanol–water partition coefficient (Wildman–Crippen LogP) is 2.06. The van der Waals surface area contributed by atoms with E-state index >= 15 is 0 Å². The van der Waals surface area contributed by atoms with Crippen LogP contribution in [0, 0.1) is 0 Å². The minimum absolute atomic E-state index is 0.326. The van der Waals surface area contributed by atoms with Crippen LogP contribution in [0.5, 0.6) is 11.5 Å². The van der Waals surface area contributed by atoms with Gasteiger partial charge in [0.1, 0.15) is 11.5 Å². The Morgan fingerprint density at radius 1 is 1.33 bits per heavy atom. The zero-order valence-corrected chi connectivity index (χ0v) is 9.84. The molecule has 0 aliphatic rings. The molecule has 6 heteroatoms. The van der Waals surface area contributed by atoms with Gasteiger partial charge in [-0.2, -0.15) is 0 Å². The van der Waals surface area contributed by atoms with Gasteiger partial charge < -0.3 is 19.0 Å². The maximum absolute atomic E-state index is 10.7. The molecule has 0 aliphatic heterocycles. The van der Waals surface area contributed by atoms with Gasteiger partial charge in [-0.15, -0.1) is 0 Å². The smallest absolute Gasteiger partial charge is 0.392 e. The van der Waals surface area contributed by atoms with Gasteiger partial charge in [-0.1, -0.05) is 0 Å². The van der Waals surface area contributed by atoms with Gasteiger partial charge in [0.15, 0.2) is 5.76 Å². The molecule has 0 spiro atoms. The van der Waals surface area contributed by atoms with Gasteiger partial charge in [0.25, 0.3) is 0 Å². The van der Waals surface area contributed by atoms with Crippen LogP contribution in [-0.2, 0) is 0 Å². The Morgan fingerprint density at radius 3 is 2.67 bits per heavy atom. The molecule has 0 radical (unpaired) electrons. The van der Waals surface area contributed by atoms with E-state index in [0.29, 0.717) is 22.8 Å². The largest absolute Gasteiger partial charge is 0.497 e. The summed E-state index contributed by atoms with van der Waals surface area (Å²) >= 11 is 0. The molecule has 2 aromatic rings. The summed E-state index contributed by atoms with van der Waals surface area (Å²) in [7, 11) is 3.05. The van der Waals surface area contributed by atoms with Crippen molar-refractivity contribution in [2.24, 2.45) is 0 Å². The van der Waals surface area contributed by atoms with Crippen molar-refractivity contribution in [1.82, 2.24) is 4.98 Å². The Hall–Kier alpha value is -2.50. The third-order valence-electron chi connectivity index (χ3n) is 2.36. The first-order valence-corrected chi connectivity index (χ1v) is 5.07. The first kappa shape index (κ1) is 12.0. The molecule has 18 heavy (non-hydrogen) atoms. The normalized spacial score (nSPS) is 10.1. The molecular weight excluding hydrogens is 238 g/mol. The quantitative estimate of drug-likeness (QED) is 0.893. The molecule has 1 aromatic carbocycles. The van der Waals surface area contributed by atoms with Crippen molar-refractivity contribution in [1.29, 1.82) is 0 Å². The van der Waals surface area contributed by atoms with Gasteiger partial charge >= 0.3 is 11.9 Å². The Kier molecular flexibility index (Phi) is 3.18. The lowest BCUT2D eigenvalue weighted by atomic mass is 10.1. The highest BCUT2D eigenvalue weighted by atomic mass is 16.5. The van der Waals surface area contributed by atoms with E-state index in [1.165, 1.54) is 13.3 Å². The number of oxazole rings is 1. The molecule has 6 nitrogen and oxygen atoms in total. The van der Waals surface area contributed by atoms with Gasteiger partial charge in [-0.25, -0.2) is 9.78 Å². The number of benzene rings is 1. The van der Waals surface area contributed by atoms with E-state index in [0.717, 1.165) is 0 Å². The van der Waals surface area contributed by atoms with E-state index in [4.69, 9.17) is 19.0 Å². The summed E-state index contributed by atoms with van der Waals surface area (Å²) in [5.74, 6) is -0.0977. The number of carboxylic acid groups (broad SMARTS) is 1. The molecule has 2 rings (SSSR count). The second kappa shape index (κ2) is 4.79. The minimum Gasteiger partial charge on any atom is -0.497 e. The SMILES string of the molecule is COc1ccc(-c2cnc(C(=O)O)o2)c(OC)c1. The number of hydrogen-bond donors (Lipinski definition) is 1. The van der Waals surface area contributed by atoms with Crippen LogP contribution in [0.1, 0.15) is 10.7 Å². The van der Waals surface area contributed by atoms with Crippen LogP contribution in [0.2, 0.25) is 0 Å². The Balaban J connectivity index is 2.45. The van der Waals surface area contributed by atoms with Crippen LogP contribution < -0.4 is 9.47 Å². The highest BCUT2D eigenvalue weighted by Gasteiger charge is 2.15. The van der Waals surface area contributed by atoms with Crippen molar-refractivity contribution in [2.45, 2.75) is 0 Å². The van der Waals surface area contributed by atoms with Crippen LogP contribution in [-0.4, -0.2) is 30.3 Å². The number of nitrogens with zero attached hydrogens (tertiary/aromatic N) is 1. The summed E-state index contributed by atoms with van der Waals surface area (Å²) in [6.07, 6.45) is 1.34. The molecule has 0 atom stereocenters. The summed E-state index contributed by atoms with van der Waals surface area (Å²) in [6, 6.07) is 5.11. The molecule has 94 valence electrons. The summed E-state index contributed by atoms with van der Waals surface area (Å²) in [4.78, 5) is 14.4. The lowest BCUT2D eigenvalue weighted by molar-refractivity contribution is 0.0654. The molecule has 1 aromatic heterocycles. The number of hydrogen-bond acceptors (Lipinski definition) is 5. The summed E-state index contributed by atoms with van der Waals surface area (Å²) in [5, 5.41) is 8.75. The number of aromatic carboxylic acids is 1. The first-order chi connectivity index (χ1) is 8.65. The maximum atomic E-state index is 10.7. The first-order valence-electron chi connectivity index (χ1n) is 5.07. The van der Waals surface area contributed by atoms with E-state index in [1.54, 1.807) is 25.3 Å². The number of ether oxygens (including phenoxy) is 2. The number of methoxy groups -OCH3 is 2. The Labute approximate surface area is 103 Å². The third-order valence-corrected chi connectivity index (χ3v) is 2.36. The van der Waals surface area contributed by atoms with E-state index in [1.807, 2.05) is 0 Å². The number of rotatable bonds is 4. The molecule has 0 unspecified atom stereocenters. The Bertz CT molecular complexity index is 576. The molecule has 0 fully saturated rings. The maximum Gasteiger partial charge on any atom is 0.392 e. The second-order valence-electron chi connectivity index (χ2n) is 3.40. The van der Waals surface area contributed by atoms with E-state index in [2.05, 4.69) is 4.98 Å². The zero-order valence-electron chi connectivity index (χ0n) is 9.84. The van der Waals surface area contributed by atoms with Gasteiger partial charge in [0, 0.05) is 6.07 Å². The van der Waals surface area contributed by atoms with Crippen LogP contribution in [0.15, 0.2) is 28.8 Å². The summed E-state index contributed by atoms with van der Waals surface area (Å²) in [6.45, 7) is 0. The minimum atomic E-state index is -1.21. The fraction of sp³-hybridized carbons (Fsp3) is 0.167. The zero-order chi connectivity index (χ0) is 13.1. The van der Waals surface area contributed by atoms with Gasteiger partial charge in [0.05, 0.1) is 26.0 Å². The van der Waals surface area contributed by atoms with Crippen LogP contribution in [0.25, 0.3) is 11.3 Å². The fourth-order valence-corrected chi connectivity index (χ4v) is 1.50. The van der Waals surface area contributed by atoms with Gasteiger partial charge in [-0.3, -0.25) is 0 Å². The monoisotopic (exact) mass is 249 g/mol. The van der Waals surface area contributed by atoms with Gasteiger partial charge in [-0.05, 0) is 12.1 Å². The van der Waals surface area contributed by atoms with Crippen molar-refractivity contribution < 1.29 is 23.8 Å². The lowest BCUT2D eigenvalue weighted by Gasteiger charge is -2.07. The summed E-state index contributed by atoms with van der Waals surface area (Å²) in [5.41, 5.74) is 0.610. The molecule has 0 bridgehead atoms. The van der Waals surface area contributed by atoms with E-state index in [-0.39, 0.29) is 5.89 Å². The molecular formula is C12H11NO5. The number of aromatic nitrogens is 1. The Morgan fingerprint density at radius 2 is 2.11 bits per heavy atom. The number of carboxylic acids is 1.